The molecule has 0 radical (unpaired) electrons. The fourth-order valence-corrected chi connectivity index (χ4v) is 2.55. The molecule has 2 heterocycles. The number of aliphatic hydroxyl groups is 1. The first-order valence-electron chi connectivity index (χ1n) is 6.74. The smallest absolute Gasteiger partial charge is 0.222 e. The van der Waals surface area contributed by atoms with E-state index in [-0.39, 0.29) is 6.10 Å². The van der Waals surface area contributed by atoms with Crippen molar-refractivity contribution in [2.45, 2.75) is 32.9 Å². The highest BCUT2D eigenvalue weighted by molar-refractivity contribution is 5.44. The van der Waals surface area contributed by atoms with Crippen molar-refractivity contribution in [3.63, 3.8) is 0 Å². The van der Waals surface area contributed by atoms with Gasteiger partial charge in [-0.1, -0.05) is 0 Å². The molecule has 106 valence electrons. The second kappa shape index (κ2) is 5.71. The third-order valence-electron chi connectivity index (χ3n) is 3.45. The highest BCUT2D eigenvalue weighted by Crippen LogP contribution is 2.18. The Labute approximate surface area is 114 Å². The van der Waals surface area contributed by atoms with Crippen molar-refractivity contribution >= 4 is 11.8 Å². The Morgan fingerprint density at radius 3 is 2.79 bits per heavy atom. The normalized spacial score (nSPS) is 22.5. The summed E-state index contributed by atoms with van der Waals surface area (Å²) in [6.45, 7) is 9.36. The predicted octanol–water partition coefficient (Wildman–Crippen LogP) is 0.259. The van der Waals surface area contributed by atoms with Gasteiger partial charge >= 0.3 is 0 Å². The van der Waals surface area contributed by atoms with Crippen molar-refractivity contribution < 1.29 is 5.11 Å². The van der Waals surface area contributed by atoms with Crippen LogP contribution in [0.4, 0.5) is 11.8 Å². The summed E-state index contributed by atoms with van der Waals surface area (Å²) in [5.41, 5.74) is 6.59. The minimum atomic E-state index is -0.286. The molecule has 1 aromatic heterocycles. The van der Waals surface area contributed by atoms with Crippen LogP contribution in [-0.2, 0) is 0 Å². The highest BCUT2D eigenvalue weighted by Gasteiger charge is 2.25. The van der Waals surface area contributed by atoms with Crippen molar-refractivity contribution in [2.75, 3.05) is 36.8 Å². The van der Waals surface area contributed by atoms with Crippen LogP contribution in [0.5, 0.6) is 0 Å². The number of hydrogen-bond acceptors (Lipinski definition) is 6. The molecule has 1 aliphatic heterocycles. The number of nitrogens with zero attached hydrogens (tertiary/aromatic N) is 4. The largest absolute Gasteiger partial charge is 0.392 e. The van der Waals surface area contributed by atoms with Crippen LogP contribution in [0.2, 0.25) is 0 Å². The molecular weight excluding hydrogens is 242 g/mol. The number of rotatable bonds is 3. The second-order valence-electron chi connectivity index (χ2n) is 5.36. The van der Waals surface area contributed by atoms with Crippen molar-refractivity contribution in [2.24, 2.45) is 0 Å². The third-order valence-corrected chi connectivity index (χ3v) is 3.45. The molecule has 2 rings (SSSR count). The van der Waals surface area contributed by atoms with E-state index in [0.29, 0.717) is 12.0 Å². The summed E-state index contributed by atoms with van der Waals surface area (Å²) in [4.78, 5) is 12.9. The average molecular weight is 265 g/mol. The summed E-state index contributed by atoms with van der Waals surface area (Å²) in [6.07, 6.45) is -0.286. The molecule has 0 unspecified atom stereocenters. The van der Waals surface area contributed by atoms with Crippen molar-refractivity contribution in [1.82, 2.24) is 14.9 Å². The fourth-order valence-electron chi connectivity index (χ4n) is 2.55. The Hall–Kier alpha value is -1.40. The number of aliphatic hydroxyl groups excluding tert-OH is 1. The second-order valence-corrected chi connectivity index (χ2v) is 5.36. The topological polar surface area (TPSA) is 78.5 Å². The molecule has 0 saturated carbocycles. The van der Waals surface area contributed by atoms with Crippen LogP contribution in [0.1, 0.15) is 19.5 Å². The SMILES string of the molecule is Cc1cc(N2CCN(C[C@@H](C)O)[C@H](C)C2)nc(N)n1. The number of aryl methyl sites for hydroxylation is 1. The van der Waals surface area contributed by atoms with Gasteiger partial charge in [-0.3, -0.25) is 4.90 Å². The van der Waals surface area contributed by atoms with E-state index < -0.39 is 0 Å². The number of nitrogen functional groups attached to an aromatic ring is 1. The third kappa shape index (κ3) is 3.54. The molecular formula is C13H23N5O. The van der Waals surface area contributed by atoms with E-state index in [1.54, 1.807) is 0 Å². The zero-order valence-electron chi connectivity index (χ0n) is 11.9. The molecule has 0 amide bonds. The van der Waals surface area contributed by atoms with Gasteiger partial charge in [0, 0.05) is 44.0 Å². The molecule has 6 heteroatoms. The lowest BCUT2D eigenvalue weighted by molar-refractivity contribution is 0.0959. The van der Waals surface area contributed by atoms with E-state index in [1.165, 1.54) is 0 Å². The zero-order valence-corrected chi connectivity index (χ0v) is 11.9. The summed E-state index contributed by atoms with van der Waals surface area (Å²) in [7, 11) is 0. The lowest BCUT2D eigenvalue weighted by atomic mass is 10.1. The van der Waals surface area contributed by atoms with Crippen LogP contribution in [0.15, 0.2) is 6.07 Å². The van der Waals surface area contributed by atoms with Gasteiger partial charge in [-0.25, -0.2) is 4.98 Å². The highest BCUT2D eigenvalue weighted by atomic mass is 16.3. The molecule has 0 aliphatic carbocycles. The van der Waals surface area contributed by atoms with E-state index >= 15 is 0 Å². The molecule has 6 nitrogen and oxygen atoms in total. The predicted molar refractivity (Wildman–Crippen MR) is 76.1 cm³/mol. The summed E-state index contributed by atoms with van der Waals surface area (Å²) < 4.78 is 0. The van der Waals surface area contributed by atoms with E-state index in [0.717, 1.165) is 37.7 Å². The molecule has 1 aliphatic rings. The van der Waals surface area contributed by atoms with Gasteiger partial charge in [-0.15, -0.1) is 0 Å². The Kier molecular flexibility index (Phi) is 4.21. The molecule has 2 atom stereocenters. The molecule has 1 fully saturated rings. The fraction of sp³-hybridized carbons (Fsp3) is 0.692. The van der Waals surface area contributed by atoms with Crippen molar-refractivity contribution in [3.8, 4) is 0 Å². The zero-order chi connectivity index (χ0) is 14.0. The maximum atomic E-state index is 9.49. The van der Waals surface area contributed by atoms with Crippen LogP contribution in [0.3, 0.4) is 0 Å². The number of anilines is 2. The Balaban J connectivity index is 2.05. The van der Waals surface area contributed by atoms with Crippen LogP contribution in [0.25, 0.3) is 0 Å². The minimum Gasteiger partial charge on any atom is -0.392 e. The maximum absolute atomic E-state index is 9.49. The monoisotopic (exact) mass is 265 g/mol. The number of nitrogens with two attached hydrogens (primary N) is 1. The van der Waals surface area contributed by atoms with Gasteiger partial charge in [-0.2, -0.15) is 4.98 Å². The van der Waals surface area contributed by atoms with E-state index in [1.807, 2.05) is 19.9 Å². The quantitative estimate of drug-likeness (QED) is 0.816. The van der Waals surface area contributed by atoms with E-state index in [4.69, 9.17) is 5.73 Å². The number of hydrogen-bond donors (Lipinski definition) is 2. The van der Waals surface area contributed by atoms with Gasteiger partial charge in [0.05, 0.1) is 6.10 Å². The molecule has 0 spiro atoms. The first-order chi connectivity index (χ1) is 8.95. The molecule has 0 bridgehead atoms. The molecule has 1 aromatic rings. The van der Waals surface area contributed by atoms with Gasteiger partial charge in [0.15, 0.2) is 0 Å². The molecule has 19 heavy (non-hydrogen) atoms. The molecule has 0 aromatic carbocycles. The van der Waals surface area contributed by atoms with Gasteiger partial charge in [0.1, 0.15) is 5.82 Å². The first kappa shape index (κ1) is 14.0. The average Bonchev–Trinajstić information content (AvgIpc) is 2.30. The van der Waals surface area contributed by atoms with Gasteiger partial charge < -0.3 is 15.7 Å². The summed E-state index contributed by atoms with van der Waals surface area (Å²) in [6, 6.07) is 2.35. The number of piperazine rings is 1. The van der Waals surface area contributed by atoms with Crippen LogP contribution in [-0.4, -0.2) is 58.3 Å². The van der Waals surface area contributed by atoms with Crippen LogP contribution < -0.4 is 10.6 Å². The summed E-state index contributed by atoms with van der Waals surface area (Å²) in [5.74, 6) is 1.22. The Bertz CT molecular complexity index is 417. The van der Waals surface area contributed by atoms with Gasteiger partial charge in [0.2, 0.25) is 5.95 Å². The minimum absolute atomic E-state index is 0.286. The van der Waals surface area contributed by atoms with Crippen LogP contribution in [0, 0.1) is 6.92 Å². The van der Waals surface area contributed by atoms with E-state index in [9.17, 15) is 5.11 Å². The lowest BCUT2D eigenvalue weighted by Crippen LogP contribution is -2.53. The van der Waals surface area contributed by atoms with E-state index in [2.05, 4.69) is 26.7 Å². The molecule has 3 N–H and O–H groups in total. The number of β-amino-alcohol motifs (C(OH)–C–C–N with tert-alkyl or cyclic N) is 1. The Morgan fingerprint density at radius 1 is 1.47 bits per heavy atom. The maximum Gasteiger partial charge on any atom is 0.222 e. The summed E-state index contributed by atoms with van der Waals surface area (Å²) in [5, 5.41) is 9.49. The van der Waals surface area contributed by atoms with Crippen molar-refractivity contribution in [1.29, 1.82) is 0 Å². The molecule has 1 saturated heterocycles. The lowest BCUT2D eigenvalue weighted by Gasteiger charge is -2.40. The first-order valence-corrected chi connectivity index (χ1v) is 6.74. The summed E-state index contributed by atoms with van der Waals surface area (Å²) >= 11 is 0. The van der Waals surface area contributed by atoms with Gasteiger partial charge in [-0.05, 0) is 20.8 Å². The van der Waals surface area contributed by atoms with Crippen LogP contribution >= 0.6 is 0 Å². The Morgan fingerprint density at radius 2 is 2.21 bits per heavy atom. The number of aromatic nitrogens is 2. The van der Waals surface area contributed by atoms with Crippen molar-refractivity contribution in [3.05, 3.63) is 11.8 Å². The van der Waals surface area contributed by atoms with Gasteiger partial charge in [0.25, 0.3) is 0 Å². The standard InChI is InChI=1S/C13H23N5O/c1-9-6-12(16-13(14)15-9)18-5-4-17(8-11(3)19)10(2)7-18/h6,10-11,19H,4-5,7-8H2,1-3H3,(H2,14,15,16)/t10-,11-/m1/s1.